The van der Waals surface area contributed by atoms with Crippen LogP contribution in [0.15, 0.2) is 206 Å². The Kier molecular flexibility index (Phi) is 7.50. The fourth-order valence-electron chi connectivity index (χ4n) is 8.95. The van der Waals surface area contributed by atoms with Crippen LogP contribution in [0, 0.1) is 0 Å². The van der Waals surface area contributed by atoms with Crippen LogP contribution in [-0.4, -0.2) is 19.5 Å². The van der Waals surface area contributed by atoms with E-state index in [1.165, 1.54) is 16.2 Å². The van der Waals surface area contributed by atoms with Crippen molar-refractivity contribution in [2.45, 2.75) is 0 Å². The largest absolute Gasteiger partial charge is 0.309 e. The molecule has 0 saturated heterocycles. The van der Waals surface area contributed by atoms with Crippen molar-refractivity contribution in [1.29, 1.82) is 0 Å². The molecule has 0 unspecified atom stereocenters. The molecule has 4 heteroatoms. The number of para-hydroxylation sites is 3. The van der Waals surface area contributed by atoms with Crippen molar-refractivity contribution in [2.75, 3.05) is 0 Å². The first-order chi connectivity index (χ1) is 29.2. The molecule has 4 nitrogen and oxygen atoms in total. The van der Waals surface area contributed by atoms with Crippen LogP contribution in [-0.2, 0) is 0 Å². The number of fused-ring (bicyclic) bond motifs is 9. The van der Waals surface area contributed by atoms with Crippen LogP contribution in [0.25, 0.3) is 116 Å². The summed E-state index contributed by atoms with van der Waals surface area (Å²) in [7, 11) is 0. The van der Waals surface area contributed by atoms with Gasteiger partial charge in [0.2, 0.25) is 0 Å². The summed E-state index contributed by atoms with van der Waals surface area (Å²) >= 11 is 0. The third-order valence-corrected chi connectivity index (χ3v) is 11.7. The number of nitrogens with zero attached hydrogens (tertiary/aromatic N) is 4. The normalized spacial score (nSPS) is 11.7. The van der Waals surface area contributed by atoms with Crippen LogP contribution in [0.5, 0.6) is 0 Å². The first kappa shape index (κ1) is 33.2. The third-order valence-electron chi connectivity index (χ3n) is 11.7. The highest BCUT2D eigenvalue weighted by Crippen LogP contribution is 2.43. The van der Waals surface area contributed by atoms with E-state index in [9.17, 15) is 0 Å². The minimum Gasteiger partial charge on any atom is -0.309 e. The number of pyridine rings is 3. The molecule has 0 aliphatic rings. The highest BCUT2D eigenvalue weighted by atomic mass is 15.0. The first-order valence-corrected chi connectivity index (χ1v) is 20.0. The first-order valence-electron chi connectivity index (χ1n) is 20.0. The second kappa shape index (κ2) is 13.3. The summed E-state index contributed by atoms with van der Waals surface area (Å²) in [6.07, 6.45) is 0. The molecule has 0 radical (unpaired) electrons. The van der Waals surface area contributed by atoms with Gasteiger partial charge in [0.1, 0.15) is 0 Å². The fourth-order valence-corrected chi connectivity index (χ4v) is 8.95. The highest BCUT2D eigenvalue weighted by molar-refractivity contribution is 6.21. The number of benzene rings is 8. The zero-order valence-electron chi connectivity index (χ0n) is 31.9. The van der Waals surface area contributed by atoms with Crippen LogP contribution in [0.1, 0.15) is 0 Å². The molecule has 4 aromatic heterocycles. The predicted molar refractivity (Wildman–Crippen MR) is 246 cm³/mol. The summed E-state index contributed by atoms with van der Waals surface area (Å²) in [6.45, 7) is 0. The van der Waals surface area contributed by atoms with Gasteiger partial charge < -0.3 is 4.57 Å². The Morgan fingerprint density at radius 1 is 0.339 bits per heavy atom. The van der Waals surface area contributed by atoms with Gasteiger partial charge in [0.25, 0.3) is 0 Å². The maximum absolute atomic E-state index is 5.32. The number of hydrogen-bond acceptors (Lipinski definition) is 3. The molecule has 12 aromatic rings. The Morgan fingerprint density at radius 2 is 0.915 bits per heavy atom. The molecule has 274 valence electrons. The second-order valence-corrected chi connectivity index (χ2v) is 15.2. The molecular formula is C55H34N4. The van der Waals surface area contributed by atoms with Gasteiger partial charge >= 0.3 is 0 Å². The van der Waals surface area contributed by atoms with E-state index in [2.05, 4.69) is 205 Å². The minimum absolute atomic E-state index is 0.901. The van der Waals surface area contributed by atoms with Gasteiger partial charge in [-0.25, -0.2) is 15.0 Å². The van der Waals surface area contributed by atoms with Crippen molar-refractivity contribution in [3.63, 3.8) is 0 Å². The second-order valence-electron chi connectivity index (χ2n) is 15.2. The van der Waals surface area contributed by atoms with E-state index in [1.54, 1.807) is 0 Å². The summed E-state index contributed by atoms with van der Waals surface area (Å²) in [5.74, 6) is 0. The van der Waals surface area contributed by atoms with Crippen LogP contribution in [0.2, 0.25) is 0 Å². The van der Waals surface area contributed by atoms with Crippen molar-refractivity contribution in [2.24, 2.45) is 0 Å². The minimum atomic E-state index is 0.901. The van der Waals surface area contributed by atoms with E-state index in [0.717, 1.165) is 99.7 Å². The Morgan fingerprint density at radius 3 is 1.66 bits per heavy atom. The van der Waals surface area contributed by atoms with Gasteiger partial charge in [0.05, 0.1) is 44.7 Å². The predicted octanol–water partition coefficient (Wildman–Crippen LogP) is 14.2. The van der Waals surface area contributed by atoms with Crippen molar-refractivity contribution >= 4 is 65.3 Å². The molecule has 0 spiro atoms. The van der Waals surface area contributed by atoms with Gasteiger partial charge in [-0.3, -0.25) is 0 Å². The molecule has 4 heterocycles. The summed E-state index contributed by atoms with van der Waals surface area (Å²) < 4.78 is 2.44. The highest BCUT2D eigenvalue weighted by Gasteiger charge is 2.20. The molecular weight excluding hydrogens is 717 g/mol. The zero-order valence-corrected chi connectivity index (χ0v) is 31.9. The van der Waals surface area contributed by atoms with E-state index >= 15 is 0 Å². The van der Waals surface area contributed by atoms with Crippen LogP contribution < -0.4 is 0 Å². The van der Waals surface area contributed by atoms with Crippen molar-refractivity contribution in [3.05, 3.63) is 206 Å². The molecule has 0 amide bonds. The average Bonchev–Trinajstić information content (AvgIpc) is 3.64. The molecule has 59 heavy (non-hydrogen) atoms. The lowest BCUT2D eigenvalue weighted by atomic mass is 9.96. The van der Waals surface area contributed by atoms with Crippen LogP contribution >= 0.6 is 0 Å². The lowest BCUT2D eigenvalue weighted by Gasteiger charge is -2.14. The van der Waals surface area contributed by atoms with Crippen molar-refractivity contribution < 1.29 is 0 Å². The fraction of sp³-hybridized carbons (Fsp3) is 0. The van der Waals surface area contributed by atoms with Crippen LogP contribution in [0.4, 0.5) is 0 Å². The van der Waals surface area contributed by atoms with E-state index in [0.29, 0.717) is 0 Å². The van der Waals surface area contributed by atoms with E-state index < -0.39 is 0 Å². The van der Waals surface area contributed by atoms with Gasteiger partial charge in [-0.1, -0.05) is 158 Å². The third kappa shape index (κ3) is 5.42. The summed E-state index contributed by atoms with van der Waals surface area (Å²) in [6, 6.07) is 73.2. The number of aromatic nitrogens is 4. The maximum atomic E-state index is 5.32. The molecule has 0 aliphatic carbocycles. The Balaban J connectivity index is 1.08. The van der Waals surface area contributed by atoms with Crippen molar-refractivity contribution in [1.82, 2.24) is 19.5 Å². The topological polar surface area (TPSA) is 43.6 Å². The molecule has 0 bridgehead atoms. The summed E-state index contributed by atoms with van der Waals surface area (Å²) in [4.78, 5) is 15.7. The SMILES string of the molecule is c1ccc(-c2ccc3ccc4ccc(-c5cccc(-c6cccc7c8cc9c(-c%10ccccc%10)nc%10ccccc%10c9cc8n(-c8ccccc8)c67)c5)nc4c3n2)cc1. The lowest BCUT2D eigenvalue weighted by molar-refractivity contribution is 1.18. The summed E-state index contributed by atoms with van der Waals surface area (Å²) in [5, 5.41) is 7.99. The lowest BCUT2D eigenvalue weighted by Crippen LogP contribution is -1.96. The zero-order chi connectivity index (χ0) is 38.9. The van der Waals surface area contributed by atoms with Crippen molar-refractivity contribution in [3.8, 4) is 50.6 Å². The Labute approximate surface area is 340 Å². The van der Waals surface area contributed by atoms with E-state index in [1.807, 2.05) is 6.07 Å². The molecule has 0 N–H and O–H groups in total. The average molecular weight is 751 g/mol. The van der Waals surface area contributed by atoms with Gasteiger partial charge in [0.15, 0.2) is 0 Å². The smallest absolute Gasteiger partial charge is 0.0972 e. The monoisotopic (exact) mass is 750 g/mol. The van der Waals surface area contributed by atoms with Gasteiger partial charge in [-0.15, -0.1) is 0 Å². The Hall–Kier alpha value is -7.95. The van der Waals surface area contributed by atoms with Gasteiger partial charge in [-0.05, 0) is 59.5 Å². The number of rotatable bonds is 5. The molecule has 0 fully saturated rings. The van der Waals surface area contributed by atoms with E-state index in [4.69, 9.17) is 15.0 Å². The molecule has 0 saturated carbocycles. The van der Waals surface area contributed by atoms with E-state index in [-0.39, 0.29) is 0 Å². The molecule has 8 aromatic carbocycles. The molecule has 12 rings (SSSR count). The molecule has 0 aliphatic heterocycles. The Bertz CT molecular complexity index is 3590. The molecule has 0 atom stereocenters. The standard InChI is InChI=1S/C55H34N4/c1-4-14-35(15-5-1)48-30-28-37-26-27-38-29-31-49(57-54(38)53(37)56-48)40-19-12-18-39(32-40)42-23-13-24-44-46-33-47-45(34-51(46)59(55(42)44)41-20-8-3-9-21-41)43-22-10-11-25-50(43)58-52(47)36-16-6-2-7-17-36/h1-34H. The maximum Gasteiger partial charge on any atom is 0.0972 e. The summed E-state index contributed by atoms with van der Waals surface area (Å²) in [5.41, 5.74) is 14.6. The van der Waals surface area contributed by atoms with Crippen LogP contribution in [0.3, 0.4) is 0 Å². The van der Waals surface area contributed by atoms with Gasteiger partial charge in [-0.2, -0.15) is 0 Å². The number of hydrogen-bond donors (Lipinski definition) is 0. The van der Waals surface area contributed by atoms with Gasteiger partial charge in [0, 0.05) is 60.3 Å². The quantitative estimate of drug-likeness (QED) is 0.165.